The number of fused-ring (bicyclic) bond motifs is 1. The minimum absolute atomic E-state index is 0.0175. The van der Waals surface area contributed by atoms with Crippen LogP contribution in [-0.4, -0.2) is 47.5 Å². The summed E-state index contributed by atoms with van der Waals surface area (Å²) in [5.41, 5.74) is 2.99. The monoisotopic (exact) mass is 500 g/mol. The number of ether oxygens (including phenoxy) is 1. The van der Waals surface area contributed by atoms with Crippen molar-refractivity contribution in [2.75, 3.05) is 32.2 Å². The van der Waals surface area contributed by atoms with Crippen molar-refractivity contribution in [2.45, 2.75) is 6.54 Å². The molecule has 0 unspecified atom stereocenters. The van der Waals surface area contributed by atoms with Gasteiger partial charge in [-0.2, -0.15) is 0 Å². The number of methoxy groups -OCH3 is 1. The Labute approximate surface area is 185 Å². The molecule has 3 rings (SSSR count). The molecule has 0 fully saturated rings. The van der Waals surface area contributed by atoms with E-state index in [9.17, 15) is 4.79 Å². The Morgan fingerprint density at radius 3 is 2.87 bits per heavy atom. The van der Waals surface area contributed by atoms with Crippen LogP contribution < -0.4 is 10.8 Å². The normalized spacial score (nSPS) is 11.1. The van der Waals surface area contributed by atoms with Crippen LogP contribution in [0.4, 0.5) is 15.8 Å². The lowest BCUT2D eigenvalue weighted by molar-refractivity contribution is 0.0169. The number of aromatic nitrogens is 2. The number of imidazole rings is 1. The maximum Gasteiger partial charge on any atom is 0.277 e. The third-order valence-electron chi connectivity index (χ3n) is 4.19. The van der Waals surface area contributed by atoms with Crippen LogP contribution in [-0.2, 0) is 16.1 Å². The van der Waals surface area contributed by atoms with Crippen molar-refractivity contribution in [3.05, 3.63) is 51.5 Å². The summed E-state index contributed by atoms with van der Waals surface area (Å²) < 4.78 is 22.9. The number of aliphatic hydroxyl groups is 1. The van der Waals surface area contributed by atoms with Gasteiger partial charge in [0.25, 0.3) is 5.91 Å². The van der Waals surface area contributed by atoms with E-state index in [0.717, 1.165) is 4.47 Å². The number of benzene rings is 2. The van der Waals surface area contributed by atoms with E-state index in [2.05, 4.69) is 31.7 Å². The van der Waals surface area contributed by atoms with E-state index in [0.29, 0.717) is 29.4 Å². The molecule has 3 aromatic rings. The number of carbonyl (C=O) groups is 1. The van der Waals surface area contributed by atoms with Crippen molar-refractivity contribution in [1.29, 1.82) is 0 Å². The van der Waals surface area contributed by atoms with E-state index < -0.39 is 11.7 Å². The fraction of sp³-hybridized carbons (Fsp3) is 0.263. The van der Waals surface area contributed by atoms with Gasteiger partial charge >= 0.3 is 0 Å². The highest BCUT2D eigenvalue weighted by Crippen LogP contribution is 2.34. The van der Waals surface area contributed by atoms with Gasteiger partial charge in [0.2, 0.25) is 0 Å². The highest BCUT2D eigenvalue weighted by atomic mass is 79.9. The second kappa shape index (κ2) is 10.2. The first-order valence-corrected chi connectivity index (χ1v) is 10.0. The van der Waals surface area contributed by atoms with E-state index in [1.54, 1.807) is 29.9 Å². The first kappa shape index (κ1) is 22.4. The second-order valence-electron chi connectivity index (χ2n) is 6.16. The maximum absolute atomic E-state index is 15.4. The smallest absolute Gasteiger partial charge is 0.277 e. The zero-order valence-corrected chi connectivity index (χ0v) is 18.3. The zero-order valence-electron chi connectivity index (χ0n) is 15.9. The average Bonchev–Trinajstić information content (AvgIpc) is 3.13. The van der Waals surface area contributed by atoms with Crippen LogP contribution >= 0.6 is 27.5 Å². The Balaban J connectivity index is 2.09. The first-order chi connectivity index (χ1) is 14.5. The lowest BCUT2D eigenvalue weighted by Crippen LogP contribution is -2.26. The third-order valence-corrected chi connectivity index (χ3v) is 4.99. The molecule has 0 saturated carbocycles. The largest absolute Gasteiger partial charge is 0.394 e. The standard InChI is InChI=1S/C19H19BrClFN4O4/c1-29-6-4-26-10-23-18-15(26)9-12(19(28)25-30-7-5-27)17(16(18)22)24-14-3-2-11(20)8-13(14)21/h2-3,8-10,24,27H,4-7H2,1H3,(H,25,28). The van der Waals surface area contributed by atoms with Crippen LogP contribution in [0.2, 0.25) is 5.02 Å². The Kier molecular flexibility index (Phi) is 7.62. The predicted molar refractivity (Wildman–Crippen MR) is 115 cm³/mol. The molecule has 1 heterocycles. The summed E-state index contributed by atoms with van der Waals surface area (Å²) in [6, 6.07) is 6.53. The summed E-state index contributed by atoms with van der Waals surface area (Å²) in [7, 11) is 1.56. The minimum Gasteiger partial charge on any atom is -0.394 e. The van der Waals surface area contributed by atoms with Gasteiger partial charge in [-0.05, 0) is 24.3 Å². The number of rotatable bonds is 9. The predicted octanol–water partition coefficient (Wildman–Crippen LogP) is 3.64. The molecule has 1 aromatic heterocycles. The molecule has 0 saturated heterocycles. The number of hydroxylamine groups is 1. The quantitative estimate of drug-likeness (QED) is 0.306. The lowest BCUT2D eigenvalue weighted by Gasteiger charge is -2.15. The number of amides is 1. The van der Waals surface area contributed by atoms with Gasteiger partial charge in [-0.15, -0.1) is 0 Å². The highest BCUT2D eigenvalue weighted by molar-refractivity contribution is 9.10. The van der Waals surface area contributed by atoms with Crippen molar-refractivity contribution in [2.24, 2.45) is 0 Å². The number of halogens is 3. The van der Waals surface area contributed by atoms with Gasteiger partial charge in [0, 0.05) is 18.1 Å². The Hall–Kier alpha value is -2.24. The van der Waals surface area contributed by atoms with Gasteiger partial charge < -0.3 is 19.7 Å². The average molecular weight is 502 g/mol. The van der Waals surface area contributed by atoms with Gasteiger partial charge in [-0.1, -0.05) is 27.5 Å². The Bertz CT molecular complexity index is 1060. The van der Waals surface area contributed by atoms with E-state index >= 15 is 4.39 Å². The van der Waals surface area contributed by atoms with Crippen LogP contribution in [0.1, 0.15) is 10.4 Å². The Morgan fingerprint density at radius 1 is 1.37 bits per heavy atom. The van der Waals surface area contributed by atoms with Gasteiger partial charge in [-0.25, -0.2) is 14.9 Å². The number of anilines is 2. The Morgan fingerprint density at radius 2 is 2.17 bits per heavy atom. The molecule has 0 aliphatic rings. The molecule has 160 valence electrons. The molecule has 2 aromatic carbocycles. The maximum atomic E-state index is 15.4. The third kappa shape index (κ3) is 4.90. The highest BCUT2D eigenvalue weighted by Gasteiger charge is 2.22. The van der Waals surface area contributed by atoms with Crippen LogP contribution in [0.3, 0.4) is 0 Å². The number of aliphatic hydroxyl groups excluding tert-OH is 1. The van der Waals surface area contributed by atoms with Gasteiger partial charge in [0.15, 0.2) is 5.82 Å². The molecule has 8 nitrogen and oxygen atoms in total. The lowest BCUT2D eigenvalue weighted by atomic mass is 10.1. The van der Waals surface area contributed by atoms with E-state index in [-0.39, 0.29) is 30.0 Å². The number of hydrogen-bond donors (Lipinski definition) is 3. The van der Waals surface area contributed by atoms with Gasteiger partial charge in [-0.3, -0.25) is 9.63 Å². The van der Waals surface area contributed by atoms with Crippen molar-refractivity contribution in [3.63, 3.8) is 0 Å². The first-order valence-electron chi connectivity index (χ1n) is 8.87. The van der Waals surface area contributed by atoms with E-state index in [4.69, 9.17) is 26.3 Å². The van der Waals surface area contributed by atoms with Crippen LogP contribution in [0.5, 0.6) is 0 Å². The summed E-state index contributed by atoms with van der Waals surface area (Å²) >= 11 is 9.56. The van der Waals surface area contributed by atoms with Crippen molar-refractivity contribution >= 4 is 55.8 Å². The summed E-state index contributed by atoms with van der Waals surface area (Å²) in [6.07, 6.45) is 1.48. The van der Waals surface area contributed by atoms with E-state index in [1.165, 1.54) is 12.4 Å². The second-order valence-corrected chi connectivity index (χ2v) is 7.49. The van der Waals surface area contributed by atoms with Crippen molar-refractivity contribution < 1.29 is 23.9 Å². The fourth-order valence-corrected chi connectivity index (χ4v) is 3.49. The SMILES string of the molecule is COCCn1cnc2c(F)c(Nc3ccc(Br)cc3Cl)c(C(=O)NOCCO)cc21. The topological polar surface area (TPSA) is 97.6 Å². The van der Waals surface area contributed by atoms with Gasteiger partial charge in [0.05, 0.1) is 53.6 Å². The number of nitrogens with zero attached hydrogens (tertiary/aromatic N) is 2. The summed E-state index contributed by atoms with van der Waals surface area (Å²) in [4.78, 5) is 21.7. The molecule has 0 aliphatic heterocycles. The molecule has 11 heteroatoms. The molecule has 1 amide bonds. The van der Waals surface area contributed by atoms with Crippen molar-refractivity contribution in [3.8, 4) is 0 Å². The molecule has 0 aliphatic carbocycles. The molecular weight excluding hydrogens is 483 g/mol. The molecule has 30 heavy (non-hydrogen) atoms. The van der Waals surface area contributed by atoms with Crippen LogP contribution in [0.15, 0.2) is 35.1 Å². The molecule has 0 spiro atoms. The summed E-state index contributed by atoms with van der Waals surface area (Å²) in [5, 5.41) is 12.1. The fourth-order valence-electron chi connectivity index (χ4n) is 2.77. The molecule has 0 bridgehead atoms. The summed E-state index contributed by atoms with van der Waals surface area (Å²) in [5.74, 6) is -1.41. The zero-order chi connectivity index (χ0) is 21.7. The molecule has 3 N–H and O–H groups in total. The van der Waals surface area contributed by atoms with Crippen LogP contribution in [0, 0.1) is 5.82 Å². The van der Waals surface area contributed by atoms with Gasteiger partial charge in [0.1, 0.15) is 5.52 Å². The molecule has 0 radical (unpaired) electrons. The van der Waals surface area contributed by atoms with Crippen LogP contribution in [0.25, 0.3) is 11.0 Å². The number of hydrogen-bond acceptors (Lipinski definition) is 6. The van der Waals surface area contributed by atoms with Crippen molar-refractivity contribution in [1.82, 2.24) is 15.0 Å². The van der Waals surface area contributed by atoms with E-state index in [1.807, 2.05) is 0 Å². The molecule has 0 atom stereocenters. The minimum atomic E-state index is -0.713. The number of carbonyl (C=O) groups excluding carboxylic acids is 1. The molecular formula is C19H19BrClFN4O4. The summed E-state index contributed by atoms with van der Waals surface area (Å²) in [6.45, 7) is 0.434. The number of nitrogens with one attached hydrogen (secondary N) is 2.